The van der Waals surface area contributed by atoms with Crippen LogP contribution in [0.2, 0.25) is 0 Å². The predicted octanol–water partition coefficient (Wildman–Crippen LogP) is 2.24. The fraction of sp³-hybridized carbons (Fsp3) is 0.250. The number of hydrogen-bond donors (Lipinski definition) is 1. The fourth-order valence-electron chi connectivity index (χ4n) is 2.45. The third-order valence-electron chi connectivity index (χ3n) is 3.55. The molecule has 0 aliphatic heterocycles. The molecule has 6 heteroatoms. The van der Waals surface area contributed by atoms with Gasteiger partial charge in [-0.1, -0.05) is 38.1 Å². The number of rotatable bonds is 4. The van der Waals surface area contributed by atoms with Crippen molar-refractivity contribution in [3.8, 4) is 11.3 Å². The van der Waals surface area contributed by atoms with Gasteiger partial charge in [-0.2, -0.15) is 5.10 Å². The first-order valence-electron chi connectivity index (χ1n) is 7.14. The topological polar surface area (TPSA) is 86.2 Å². The predicted molar refractivity (Wildman–Crippen MR) is 84.5 cm³/mol. The van der Waals surface area contributed by atoms with E-state index in [9.17, 15) is 4.79 Å². The van der Waals surface area contributed by atoms with Crippen molar-refractivity contribution in [3.05, 3.63) is 42.0 Å². The van der Waals surface area contributed by atoms with Crippen molar-refractivity contribution in [2.24, 2.45) is 0 Å². The van der Waals surface area contributed by atoms with Gasteiger partial charge in [0, 0.05) is 17.9 Å². The van der Waals surface area contributed by atoms with Crippen molar-refractivity contribution in [2.45, 2.75) is 26.2 Å². The largest absolute Gasteiger partial charge is 0.382 e. The first-order valence-corrected chi connectivity index (χ1v) is 7.14. The molecule has 0 saturated heterocycles. The minimum Gasteiger partial charge on any atom is -0.382 e. The van der Waals surface area contributed by atoms with E-state index in [0.29, 0.717) is 17.8 Å². The van der Waals surface area contributed by atoms with Gasteiger partial charge in [-0.15, -0.1) is 0 Å². The van der Waals surface area contributed by atoms with E-state index in [4.69, 9.17) is 10.7 Å². The summed E-state index contributed by atoms with van der Waals surface area (Å²) in [6, 6.07) is 7.73. The van der Waals surface area contributed by atoms with E-state index < -0.39 is 0 Å². The Labute approximate surface area is 128 Å². The van der Waals surface area contributed by atoms with Gasteiger partial charge in [-0.05, 0) is 5.56 Å². The molecular weight excluding hydrogens is 278 g/mol. The molecule has 0 aliphatic rings. The molecule has 1 aromatic carbocycles. The van der Waals surface area contributed by atoms with Crippen LogP contribution in [-0.4, -0.2) is 25.9 Å². The van der Waals surface area contributed by atoms with Gasteiger partial charge in [-0.3, -0.25) is 0 Å². The highest BCUT2D eigenvalue weighted by Gasteiger charge is 2.18. The summed E-state index contributed by atoms with van der Waals surface area (Å²) >= 11 is 0. The number of imidazole rings is 1. The van der Waals surface area contributed by atoms with Crippen molar-refractivity contribution < 1.29 is 4.79 Å². The molecule has 0 unspecified atom stereocenters. The van der Waals surface area contributed by atoms with E-state index in [1.54, 1.807) is 4.52 Å². The van der Waals surface area contributed by atoms with Crippen molar-refractivity contribution in [1.82, 2.24) is 19.6 Å². The number of nitrogens with two attached hydrogens (primary N) is 1. The second-order valence-corrected chi connectivity index (χ2v) is 5.45. The standard InChI is InChI=1S/C16H17N5O/c1-10(2)16-20-13(14-15(17)18-9-19-21(14)16)12-5-3-11(4-6-12)7-8-22/h3-6,8-10H,7H2,1-2H3,(H2,17,18,19). The number of aromatic nitrogens is 4. The lowest BCUT2D eigenvalue weighted by Crippen LogP contribution is -2.03. The van der Waals surface area contributed by atoms with Gasteiger partial charge in [0.25, 0.3) is 0 Å². The molecule has 2 N–H and O–H groups in total. The highest BCUT2D eigenvalue weighted by molar-refractivity contribution is 5.85. The second-order valence-electron chi connectivity index (χ2n) is 5.45. The number of aldehydes is 1. The maximum absolute atomic E-state index is 10.6. The third kappa shape index (κ3) is 2.32. The van der Waals surface area contributed by atoms with Gasteiger partial charge >= 0.3 is 0 Å². The lowest BCUT2D eigenvalue weighted by Gasteiger charge is -2.03. The zero-order valence-corrected chi connectivity index (χ0v) is 12.5. The summed E-state index contributed by atoms with van der Waals surface area (Å²) in [6.07, 6.45) is 2.74. The van der Waals surface area contributed by atoms with Crippen molar-refractivity contribution in [2.75, 3.05) is 5.73 Å². The Morgan fingerprint density at radius 1 is 1.27 bits per heavy atom. The summed E-state index contributed by atoms with van der Waals surface area (Å²) in [5, 5.41) is 4.27. The molecule has 2 heterocycles. The zero-order chi connectivity index (χ0) is 15.7. The van der Waals surface area contributed by atoms with Crippen LogP contribution in [0.5, 0.6) is 0 Å². The van der Waals surface area contributed by atoms with E-state index in [0.717, 1.165) is 28.9 Å². The van der Waals surface area contributed by atoms with Crippen LogP contribution in [0.15, 0.2) is 30.6 Å². The average molecular weight is 295 g/mol. The van der Waals surface area contributed by atoms with Gasteiger partial charge in [0.1, 0.15) is 29.6 Å². The molecule has 0 saturated carbocycles. The number of fused-ring (bicyclic) bond motifs is 1. The Kier molecular flexibility index (Phi) is 3.58. The quantitative estimate of drug-likeness (QED) is 0.746. The van der Waals surface area contributed by atoms with Gasteiger partial charge in [0.05, 0.1) is 0 Å². The van der Waals surface area contributed by atoms with Gasteiger partial charge < -0.3 is 10.5 Å². The van der Waals surface area contributed by atoms with Gasteiger partial charge in [0.2, 0.25) is 0 Å². The molecular formula is C16H17N5O. The molecule has 0 aliphatic carbocycles. The fourth-order valence-corrected chi connectivity index (χ4v) is 2.45. The smallest absolute Gasteiger partial charge is 0.153 e. The molecule has 6 nitrogen and oxygen atoms in total. The Balaban J connectivity index is 2.19. The number of nitrogens with zero attached hydrogens (tertiary/aromatic N) is 4. The Hall–Kier alpha value is -2.76. The minimum atomic E-state index is 0.213. The van der Waals surface area contributed by atoms with Crippen molar-refractivity contribution in [1.29, 1.82) is 0 Å². The number of anilines is 1. The van der Waals surface area contributed by atoms with Crippen LogP contribution in [0.1, 0.15) is 31.2 Å². The summed E-state index contributed by atoms with van der Waals surface area (Å²) in [5.74, 6) is 1.46. The van der Waals surface area contributed by atoms with Gasteiger partial charge in [0.15, 0.2) is 5.82 Å². The maximum atomic E-state index is 10.6. The Morgan fingerprint density at radius 2 is 2.00 bits per heavy atom. The van der Waals surface area contributed by atoms with Crippen molar-refractivity contribution >= 4 is 17.6 Å². The first kappa shape index (κ1) is 14.2. The molecule has 0 bridgehead atoms. The molecule has 0 atom stereocenters. The van der Waals surface area contributed by atoms with Crippen LogP contribution in [0.3, 0.4) is 0 Å². The summed E-state index contributed by atoms with van der Waals surface area (Å²) in [6.45, 7) is 4.12. The Bertz CT molecular complexity index is 820. The van der Waals surface area contributed by atoms with Crippen LogP contribution in [0.25, 0.3) is 16.8 Å². The zero-order valence-electron chi connectivity index (χ0n) is 12.5. The van der Waals surface area contributed by atoms with E-state index >= 15 is 0 Å². The average Bonchev–Trinajstić information content (AvgIpc) is 2.90. The minimum absolute atomic E-state index is 0.213. The monoisotopic (exact) mass is 295 g/mol. The van der Waals surface area contributed by atoms with E-state index in [2.05, 4.69) is 23.9 Å². The maximum Gasteiger partial charge on any atom is 0.153 e. The normalized spacial score (nSPS) is 11.2. The molecule has 112 valence electrons. The molecule has 0 radical (unpaired) electrons. The molecule has 3 rings (SSSR count). The second kappa shape index (κ2) is 5.55. The summed E-state index contributed by atoms with van der Waals surface area (Å²) in [5.41, 5.74) is 9.41. The third-order valence-corrected chi connectivity index (χ3v) is 3.55. The molecule has 2 aromatic heterocycles. The SMILES string of the molecule is CC(C)c1nc(-c2ccc(CC=O)cc2)c2c(N)ncnn12. The highest BCUT2D eigenvalue weighted by atomic mass is 16.1. The van der Waals surface area contributed by atoms with E-state index in [-0.39, 0.29) is 5.92 Å². The first-order chi connectivity index (χ1) is 10.6. The molecule has 0 spiro atoms. The number of carbonyl (C=O) groups is 1. The molecule has 3 aromatic rings. The number of carbonyl (C=O) groups excluding carboxylic acids is 1. The Morgan fingerprint density at radius 3 is 2.64 bits per heavy atom. The lowest BCUT2D eigenvalue weighted by molar-refractivity contribution is -0.107. The lowest BCUT2D eigenvalue weighted by atomic mass is 10.1. The van der Waals surface area contributed by atoms with Crippen LogP contribution in [0.4, 0.5) is 5.82 Å². The van der Waals surface area contributed by atoms with Gasteiger partial charge in [-0.25, -0.2) is 14.5 Å². The molecule has 0 amide bonds. The highest BCUT2D eigenvalue weighted by Crippen LogP contribution is 2.29. The van der Waals surface area contributed by atoms with E-state index in [1.807, 2.05) is 24.3 Å². The molecule has 22 heavy (non-hydrogen) atoms. The van der Waals surface area contributed by atoms with Crippen molar-refractivity contribution in [3.63, 3.8) is 0 Å². The van der Waals surface area contributed by atoms with E-state index in [1.165, 1.54) is 6.33 Å². The van der Waals surface area contributed by atoms with Crippen LogP contribution in [-0.2, 0) is 11.2 Å². The number of benzene rings is 1. The number of hydrogen-bond acceptors (Lipinski definition) is 5. The van der Waals surface area contributed by atoms with Crippen LogP contribution in [0, 0.1) is 0 Å². The van der Waals surface area contributed by atoms with Crippen LogP contribution < -0.4 is 5.73 Å². The van der Waals surface area contributed by atoms with Crippen LogP contribution >= 0.6 is 0 Å². The number of nitrogen functional groups attached to an aromatic ring is 1. The molecule has 0 fully saturated rings. The summed E-state index contributed by atoms with van der Waals surface area (Å²) < 4.78 is 1.75. The summed E-state index contributed by atoms with van der Waals surface area (Å²) in [4.78, 5) is 19.4. The summed E-state index contributed by atoms with van der Waals surface area (Å²) in [7, 11) is 0.